The number of benzene rings is 1. The lowest BCUT2D eigenvalue weighted by atomic mass is 9.84. The number of guanidine groups is 2. The van der Waals surface area contributed by atoms with E-state index in [0.717, 1.165) is 0 Å². The maximum Gasteiger partial charge on any atom is 0.273 e. The van der Waals surface area contributed by atoms with E-state index in [4.69, 9.17) is 11.5 Å². The summed E-state index contributed by atoms with van der Waals surface area (Å²) in [6, 6.07) is 3.92. The van der Waals surface area contributed by atoms with Crippen LogP contribution in [0.3, 0.4) is 0 Å². The van der Waals surface area contributed by atoms with Gasteiger partial charge in [0, 0.05) is 30.6 Å². The van der Waals surface area contributed by atoms with Crippen LogP contribution in [0.15, 0.2) is 40.3 Å². The van der Waals surface area contributed by atoms with Crippen LogP contribution in [0.25, 0.3) is 0 Å². The predicted molar refractivity (Wildman–Crippen MR) is 144 cm³/mol. The summed E-state index contributed by atoms with van der Waals surface area (Å²) in [6.45, 7) is 1.39. The van der Waals surface area contributed by atoms with Crippen molar-refractivity contribution in [1.29, 1.82) is 0 Å². The molecule has 4 heterocycles. The van der Waals surface area contributed by atoms with Crippen LogP contribution < -0.4 is 27.4 Å². The van der Waals surface area contributed by atoms with Gasteiger partial charge in [0.2, 0.25) is 5.79 Å². The highest BCUT2D eigenvalue weighted by atomic mass is 19.3. The summed E-state index contributed by atoms with van der Waals surface area (Å²) < 4.78 is 29.1. The van der Waals surface area contributed by atoms with E-state index in [1.165, 1.54) is 29.2 Å². The fraction of sp³-hybridized carbons (Fsp3) is 0.462. The Balaban J connectivity index is 1.26. The second-order valence-corrected chi connectivity index (χ2v) is 10.9. The van der Waals surface area contributed by atoms with E-state index in [1.807, 2.05) is 0 Å². The van der Waals surface area contributed by atoms with Gasteiger partial charge >= 0.3 is 0 Å². The standard InChI is InChI=1S/C26H30F2N10O4/c1-12-7-8-16(37-36-12)21(40)31-10-17-19-25(35-22(29)34-19)26(41,42)18(11-38(25)23(30)32-17)33-20(39)14-4-2-6-15-13(14)5-3-9-24(15,27)28/h2,4,6-8,17-19,41-42H,3,5,9-11H2,1H3,(H2,30,32)(H,31,40)(H,33,39)(H3,29,34,35)/t17-,18?,19?,25-/m0/s1. The Hall–Kier alpha value is -4.44. The number of nitrogens with two attached hydrogens (primary N) is 2. The van der Waals surface area contributed by atoms with Gasteiger partial charge in [-0.05, 0) is 43.5 Å². The number of fused-ring (bicyclic) bond motifs is 1. The van der Waals surface area contributed by atoms with Crippen LogP contribution in [0.5, 0.6) is 0 Å². The molecule has 42 heavy (non-hydrogen) atoms. The minimum atomic E-state index is -3.06. The smallest absolute Gasteiger partial charge is 0.273 e. The zero-order chi connectivity index (χ0) is 30.0. The Kier molecular flexibility index (Phi) is 6.31. The maximum atomic E-state index is 14.5. The summed E-state index contributed by atoms with van der Waals surface area (Å²) in [5.41, 5.74) is 11.2. The molecule has 1 aromatic carbocycles. The van der Waals surface area contributed by atoms with Crippen molar-refractivity contribution in [2.75, 3.05) is 13.1 Å². The number of carbonyl (C=O) groups excluding carboxylic acids is 2. The normalized spacial score (nSPS) is 28.4. The van der Waals surface area contributed by atoms with E-state index in [0.29, 0.717) is 5.69 Å². The van der Waals surface area contributed by atoms with E-state index < -0.39 is 47.3 Å². The summed E-state index contributed by atoms with van der Waals surface area (Å²) in [7, 11) is 0. The molecular formula is C26H30F2N10O4. The molecule has 4 aliphatic rings. The van der Waals surface area contributed by atoms with Crippen molar-refractivity contribution >= 4 is 23.7 Å². The van der Waals surface area contributed by atoms with Crippen LogP contribution in [0.4, 0.5) is 8.78 Å². The molecule has 2 aromatic rings. The van der Waals surface area contributed by atoms with Crippen LogP contribution in [-0.2, 0) is 12.3 Å². The second-order valence-electron chi connectivity index (χ2n) is 10.9. The van der Waals surface area contributed by atoms with Crippen LogP contribution >= 0.6 is 0 Å². The number of aryl methyl sites for hydroxylation is 1. The molecule has 222 valence electrons. The third-order valence-corrected chi connectivity index (χ3v) is 8.34. The highest BCUT2D eigenvalue weighted by Crippen LogP contribution is 2.45. The lowest BCUT2D eigenvalue weighted by Gasteiger charge is -2.49. The van der Waals surface area contributed by atoms with E-state index >= 15 is 0 Å². The summed E-state index contributed by atoms with van der Waals surface area (Å²) in [5.74, 6) is -7.33. The molecule has 0 bridgehead atoms. The first kappa shape index (κ1) is 27.7. The topological polar surface area (TPSA) is 216 Å². The van der Waals surface area contributed by atoms with Crippen molar-refractivity contribution in [3.05, 3.63) is 58.4 Å². The molecule has 9 N–H and O–H groups in total. The fourth-order valence-electron chi connectivity index (χ4n) is 6.33. The number of alkyl halides is 2. The molecule has 14 nitrogen and oxygen atoms in total. The molecule has 1 fully saturated rings. The average molecular weight is 585 g/mol. The second kappa shape index (κ2) is 9.55. The monoisotopic (exact) mass is 584 g/mol. The molecule has 2 unspecified atom stereocenters. The first-order valence-corrected chi connectivity index (χ1v) is 13.4. The Labute approximate surface area is 238 Å². The third kappa shape index (κ3) is 4.12. The van der Waals surface area contributed by atoms with E-state index in [1.54, 1.807) is 13.0 Å². The van der Waals surface area contributed by atoms with Gasteiger partial charge in [-0.3, -0.25) is 9.59 Å². The summed E-state index contributed by atoms with van der Waals surface area (Å²) in [5, 5.41) is 39.1. The molecule has 0 radical (unpaired) electrons. The van der Waals surface area contributed by atoms with Crippen molar-refractivity contribution < 1.29 is 28.6 Å². The van der Waals surface area contributed by atoms with Crippen LogP contribution in [0.1, 0.15) is 50.5 Å². The Morgan fingerprint density at radius 1 is 1.14 bits per heavy atom. The van der Waals surface area contributed by atoms with Gasteiger partial charge in [-0.25, -0.2) is 18.8 Å². The molecule has 1 saturated heterocycles. The SMILES string of the molecule is Cc1ccc(C(=O)NC[C@@H]2N=C(N)N3CC(NC(=O)c4cccc5c4CCCC5(F)F)C(O)(O)[C@@]34NC(N)=NC24)nn1. The third-order valence-electron chi connectivity index (χ3n) is 8.34. The van der Waals surface area contributed by atoms with E-state index in [2.05, 4.69) is 36.1 Å². The van der Waals surface area contributed by atoms with E-state index in [9.17, 15) is 28.6 Å². The van der Waals surface area contributed by atoms with Crippen LogP contribution in [0, 0.1) is 6.92 Å². The highest BCUT2D eigenvalue weighted by molar-refractivity contribution is 5.97. The van der Waals surface area contributed by atoms with Gasteiger partial charge in [-0.2, -0.15) is 5.10 Å². The zero-order valence-corrected chi connectivity index (χ0v) is 22.5. The van der Waals surface area contributed by atoms with Gasteiger partial charge in [0.15, 0.2) is 23.3 Å². The van der Waals surface area contributed by atoms with Crippen molar-refractivity contribution in [1.82, 2.24) is 31.0 Å². The zero-order valence-electron chi connectivity index (χ0n) is 22.5. The lowest BCUT2D eigenvalue weighted by molar-refractivity contribution is -0.230. The number of halogens is 2. The molecule has 6 rings (SSSR count). The number of nitrogens with one attached hydrogen (secondary N) is 3. The molecule has 3 aliphatic heterocycles. The molecular weight excluding hydrogens is 554 g/mol. The molecule has 1 aromatic heterocycles. The number of rotatable bonds is 5. The highest BCUT2D eigenvalue weighted by Gasteiger charge is 2.73. The number of aromatic nitrogens is 2. The largest absolute Gasteiger partial charge is 0.370 e. The molecule has 1 spiro atoms. The molecule has 4 atom stereocenters. The number of aliphatic hydroxyl groups is 2. The first-order chi connectivity index (χ1) is 19.8. The Bertz CT molecular complexity index is 1510. The fourth-order valence-corrected chi connectivity index (χ4v) is 6.33. The van der Waals surface area contributed by atoms with E-state index in [-0.39, 0.29) is 66.7 Å². The van der Waals surface area contributed by atoms with Crippen molar-refractivity contribution in [2.45, 2.75) is 61.7 Å². The first-order valence-electron chi connectivity index (χ1n) is 13.4. The van der Waals surface area contributed by atoms with Gasteiger partial charge in [0.05, 0.1) is 11.7 Å². The van der Waals surface area contributed by atoms with Crippen LogP contribution in [-0.4, -0.2) is 91.7 Å². The van der Waals surface area contributed by atoms with Crippen molar-refractivity contribution in [3.63, 3.8) is 0 Å². The molecule has 16 heteroatoms. The minimum absolute atomic E-state index is 0.0261. The summed E-state index contributed by atoms with van der Waals surface area (Å²) in [4.78, 5) is 36.2. The molecule has 1 aliphatic carbocycles. The summed E-state index contributed by atoms with van der Waals surface area (Å²) in [6.07, 6.45) is 0.181. The van der Waals surface area contributed by atoms with Crippen molar-refractivity contribution in [2.24, 2.45) is 21.5 Å². The quantitative estimate of drug-likeness (QED) is 0.200. The average Bonchev–Trinajstić information content (AvgIpc) is 3.41. The van der Waals surface area contributed by atoms with Gasteiger partial charge in [-0.1, -0.05) is 12.1 Å². The lowest BCUT2D eigenvalue weighted by Crippen LogP contribution is -2.78. The van der Waals surface area contributed by atoms with Gasteiger partial charge in [0.1, 0.15) is 12.1 Å². The van der Waals surface area contributed by atoms with Gasteiger partial charge in [-0.15, -0.1) is 5.10 Å². The van der Waals surface area contributed by atoms with Gasteiger partial charge < -0.3 is 42.5 Å². The van der Waals surface area contributed by atoms with Crippen molar-refractivity contribution in [3.8, 4) is 0 Å². The Morgan fingerprint density at radius 3 is 2.67 bits per heavy atom. The number of amides is 2. The number of nitrogens with zero attached hydrogens (tertiary/aromatic N) is 5. The van der Waals surface area contributed by atoms with Crippen LogP contribution in [0.2, 0.25) is 0 Å². The predicted octanol–water partition coefficient (Wildman–Crippen LogP) is -1.58. The molecule has 2 amide bonds. The summed E-state index contributed by atoms with van der Waals surface area (Å²) >= 11 is 0. The maximum absolute atomic E-state index is 14.5. The molecule has 0 saturated carbocycles. The number of hydrogen-bond acceptors (Lipinski definition) is 12. The number of aliphatic imine (C=N–C) groups is 2. The minimum Gasteiger partial charge on any atom is -0.370 e. The Morgan fingerprint density at radius 2 is 1.93 bits per heavy atom. The van der Waals surface area contributed by atoms with Gasteiger partial charge in [0.25, 0.3) is 17.7 Å². The number of hydrogen-bond donors (Lipinski definition) is 7. The number of carbonyl (C=O) groups is 2.